The van der Waals surface area contributed by atoms with E-state index in [9.17, 15) is 19.7 Å². The summed E-state index contributed by atoms with van der Waals surface area (Å²) in [6.07, 6.45) is 0. The molecule has 1 aromatic heterocycles. The maximum atomic E-state index is 12.0. The fourth-order valence-corrected chi connectivity index (χ4v) is 2.93. The van der Waals surface area contributed by atoms with Gasteiger partial charge < -0.3 is 4.42 Å². The molecule has 0 bridgehead atoms. The van der Waals surface area contributed by atoms with E-state index < -0.39 is 16.7 Å². The second-order valence-corrected chi connectivity index (χ2v) is 7.32. The highest BCUT2D eigenvalue weighted by atomic mass is 79.9. The van der Waals surface area contributed by atoms with Gasteiger partial charge in [0.15, 0.2) is 0 Å². The fraction of sp³-hybridized carbons (Fsp3) is 0.0588. The monoisotopic (exact) mass is 477 g/mol. The van der Waals surface area contributed by atoms with E-state index in [0.29, 0.717) is 5.89 Å². The molecule has 0 spiro atoms. The van der Waals surface area contributed by atoms with Crippen molar-refractivity contribution < 1.29 is 18.9 Å². The van der Waals surface area contributed by atoms with Crippen LogP contribution in [0.25, 0.3) is 11.5 Å². The summed E-state index contributed by atoms with van der Waals surface area (Å²) in [6.45, 7) is 0. The quantitative estimate of drug-likeness (QED) is 0.313. The van der Waals surface area contributed by atoms with Crippen molar-refractivity contribution in [3.8, 4) is 11.5 Å². The molecule has 0 aliphatic heterocycles. The maximum absolute atomic E-state index is 12.0. The number of thioether (sulfide) groups is 1. The van der Waals surface area contributed by atoms with E-state index >= 15 is 0 Å². The highest BCUT2D eigenvalue weighted by molar-refractivity contribution is 9.10. The molecule has 0 aliphatic carbocycles. The highest BCUT2D eigenvalue weighted by Gasteiger charge is 2.14. The lowest BCUT2D eigenvalue weighted by atomic mass is 10.2. The molecule has 0 radical (unpaired) electrons. The number of aromatic nitrogens is 2. The van der Waals surface area contributed by atoms with Gasteiger partial charge in [-0.05, 0) is 30.3 Å². The van der Waals surface area contributed by atoms with Gasteiger partial charge in [-0.2, -0.15) is 0 Å². The number of benzene rings is 2. The number of amides is 2. The molecule has 2 aromatic carbocycles. The van der Waals surface area contributed by atoms with E-state index in [4.69, 9.17) is 4.42 Å². The number of halogens is 1. The van der Waals surface area contributed by atoms with Crippen molar-refractivity contribution in [2.45, 2.75) is 5.22 Å². The molecule has 0 fully saturated rings. The third kappa shape index (κ3) is 5.62. The van der Waals surface area contributed by atoms with Gasteiger partial charge in [0.2, 0.25) is 11.8 Å². The lowest BCUT2D eigenvalue weighted by Crippen LogP contribution is -2.42. The molecular formula is C17H12BrN5O5S. The first kappa shape index (κ1) is 20.5. The SMILES string of the molecule is O=C(CSc1nnc(-c2ccc(Br)cc2)o1)NNC(=O)c1cccc([N+](=O)[O-])c1. The lowest BCUT2D eigenvalue weighted by molar-refractivity contribution is -0.384. The standard InChI is InChI=1S/C17H12BrN5O5S/c18-12-6-4-10(5-7-12)16-21-22-17(28-16)29-9-14(24)19-20-15(25)11-2-1-3-13(8-11)23(26)27/h1-8H,9H2,(H,19,24)(H,20,25). The molecule has 1 heterocycles. The topological polar surface area (TPSA) is 140 Å². The minimum atomic E-state index is -0.678. The molecule has 12 heteroatoms. The normalized spacial score (nSPS) is 10.4. The Morgan fingerprint density at radius 2 is 1.90 bits per heavy atom. The third-order valence-corrected chi connectivity index (χ3v) is 4.81. The number of hydrogen-bond acceptors (Lipinski definition) is 8. The number of rotatable bonds is 6. The molecule has 148 valence electrons. The van der Waals surface area contributed by atoms with Crippen LogP contribution in [0, 0.1) is 10.1 Å². The molecule has 3 rings (SSSR count). The number of nitro groups is 1. The Bertz CT molecular complexity index is 1060. The smallest absolute Gasteiger partial charge is 0.277 e. The Hall–Kier alpha value is -3.25. The molecule has 2 N–H and O–H groups in total. The fourth-order valence-electron chi connectivity index (χ4n) is 2.10. The molecule has 0 atom stereocenters. The predicted molar refractivity (Wildman–Crippen MR) is 107 cm³/mol. The van der Waals surface area contributed by atoms with Gasteiger partial charge in [-0.25, -0.2) is 0 Å². The van der Waals surface area contributed by atoms with Crippen molar-refractivity contribution >= 4 is 45.2 Å². The van der Waals surface area contributed by atoms with E-state index in [1.54, 1.807) is 0 Å². The van der Waals surface area contributed by atoms with Crippen molar-refractivity contribution in [2.75, 3.05) is 5.75 Å². The molecule has 3 aromatic rings. The molecule has 29 heavy (non-hydrogen) atoms. The van der Waals surface area contributed by atoms with Crippen molar-refractivity contribution in [1.29, 1.82) is 0 Å². The van der Waals surface area contributed by atoms with Crippen molar-refractivity contribution in [1.82, 2.24) is 21.0 Å². The summed E-state index contributed by atoms with van der Waals surface area (Å²) >= 11 is 4.34. The van der Waals surface area contributed by atoms with Crippen LogP contribution in [0.15, 0.2) is 62.6 Å². The zero-order chi connectivity index (χ0) is 20.8. The number of carbonyl (C=O) groups excluding carboxylic acids is 2. The van der Waals surface area contributed by atoms with Gasteiger partial charge in [0, 0.05) is 27.7 Å². The Labute approximate surface area is 176 Å². The van der Waals surface area contributed by atoms with Crippen LogP contribution in [0.4, 0.5) is 5.69 Å². The third-order valence-electron chi connectivity index (χ3n) is 3.46. The summed E-state index contributed by atoms with van der Waals surface area (Å²) in [7, 11) is 0. The number of non-ortho nitro benzene ring substituents is 1. The van der Waals surface area contributed by atoms with E-state index in [1.807, 2.05) is 24.3 Å². The summed E-state index contributed by atoms with van der Waals surface area (Å²) in [5.74, 6) is -0.962. The Morgan fingerprint density at radius 1 is 1.14 bits per heavy atom. The minimum Gasteiger partial charge on any atom is -0.411 e. The molecule has 0 aliphatic rings. The van der Waals surface area contributed by atoms with Gasteiger partial charge in [-0.15, -0.1) is 10.2 Å². The van der Waals surface area contributed by atoms with Crippen molar-refractivity contribution in [3.63, 3.8) is 0 Å². The van der Waals surface area contributed by atoms with Crippen LogP contribution in [0.5, 0.6) is 0 Å². The lowest BCUT2D eigenvalue weighted by Gasteiger charge is -2.06. The van der Waals surface area contributed by atoms with Gasteiger partial charge in [0.25, 0.3) is 16.8 Å². The van der Waals surface area contributed by atoms with E-state index in [2.05, 4.69) is 37.0 Å². The van der Waals surface area contributed by atoms with Crippen LogP contribution in [0.2, 0.25) is 0 Å². The first-order valence-electron chi connectivity index (χ1n) is 7.98. The summed E-state index contributed by atoms with van der Waals surface area (Å²) in [5.41, 5.74) is 4.97. The Balaban J connectivity index is 1.49. The zero-order valence-corrected chi connectivity index (χ0v) is 16.9. The number of hydrazine groups is 1. The number of nitrogens with zero attached hydrogens (tertiary/aromatic N) is 3. The van der Waals surface area contributed by atoms with Crippen LogP contribution in [-0.4, -0.2) is 32.7 Å². The Morgan fingerprint density at radius 3 is 2.62 bits per heavy atom. The second-order valence-electron chi connectivity index (χ2n) is 5.48. The minimum absolute atomic E-state index is 0.0446. The zero-order valence-electron chi connectivity index (χ0n) is 14.5. The predicted octanol–water partition coefficient (Wildman–Crippen LogP) is 2.96. The largest absolute Gasteiger partial charge is 0.411 e. The number of nitrogens with one attached hydrogen (secondary N) is 2. The molecule has 10 nitrogen and oxygen atoms in total. The van der Waals surface area contributed by atoms with Crippen LogP contribution < -0.4 is 10.9 Å². The maximum Gasteiger partial charge on any atom is 0.277 e. The average molecular weight is 478 g/mol. The summed E-state index contributed by atoms with van der Waals surface area (Å²) in [6, 6.07) is 12.4. The molecule has 2 amide bonds. The number of carbonyl (C=O) groups is 2. The first-order chi connectivity index (χ1) is 13.9. The Kier molecular flexibility index (Phi) is 6.57. The van der Waals surface area contributed by atoms with Crippen LogP contribution in [-0.2, 0) is 4.79 Å². The number of nitro benzene ring substituents is 1. The molecular weight excluding hydrogens is 466 g/mol. The summed E-state index contributed by atoms with van der Waals surface area (Å²) < 4.78 is 6.40. The van der Waals surface area contributed by atoms with E-state index in [1.165, 1.54) is 18.2 Å². The highest BCUT2D eigenvalue weighted by Crippen LogP contribution is 2.24. The van der Waals surface area contributed by atoms with Gasteiger partial charge in [0.1, 0.15) is 0 Å². The van der Waals surface area contributed by atoms with Crippen LogP contribution >= 0.6 is 27.7 Å². The molecule has 0 saturated heterocycles. The summed E-state index contributed by atoms with van der Waals surface area (Å²) in [4.78, 5) is 34.0. The molecule has 0 saturated carbocycles. The van der Waals surface area contributed by atoms with Crippen LogP contribution in [0.1, 0.15) is 10.4 Å². The van der Waals surface area contributed by atoms with E-state index in [-0.39, 0.29) is 22.2 Å². The van der Waals surface area contributed by atoms with Gasteiger partial charge in [0.05, 0.1) is 10.7 Å². The molecule has 0 unspecified atom stereocenters. The van der Waals surface area contributed by atoms with Gasteiger partial charge >= 0.3 is 0 Å². The van der Waals surface area contributed by atoms with Crippen molar-refractivity contribution in [3.05, 3.63) is 68.7 Å². The van der Waals surface area contributed by atoms with E-state index in [0.717, 1.165) is 27.9 Å². The average Bonchev–Trinajstić information content (AvgIpc) is 3.20. The summed E-state index contributed by atoms with van der Waals surface area (Å²) in [5, 5.41) is 18.7. The first-order valence-corrected chi connectivity index (χ1v) is 9.76. The van der Waals surface area contributed by atoms with Crippen LogP contribution in [0.3, 0.4) is 0 Å². The van der Waals surface area contributed by atoms with Gasteiger partial charge in [-0.1, -0.05) is 33.8 Å². The second kappa shape index (κ2) is 9.30. The van der Waals surface area contributed by atoms with Crippen molar-refractivity contribution in [2.24, 2.45) is 0 Å². The number of hydrogen-bond donors (Lipinski definition) is 2. The van der Waals surface area contributed by atoms with Gasteiger partial charge in [-0.3, -0.25) is 30.6 Å².